The van der Waals surface area contributed by atoms with Gasteiger partial charge in [0.25, 0.3) is 0 Å². The lowest BCUT2D eigenvalue weighted by molar-refractivity contribution is -0.133. The number of carbonyl (C=O) groups is 3. The number of carbonyl (C=O) groups excluding carboxylic acids is 2. The van der Waals surface area contributed by atoms with Crippen molar-refractivity contribution in [3.8, 4) is 0 Å². The molecule has 0 aromatic heterocycles. The van der Waals surface area contributed by atoms with Crippen LogP contribution in [0.3, 0.4) is 0 Å². The van der Waals surface area contributed by atoms with Crippen LogP contribution in [0.2, 0.25) is 0 Å². The van der Waals surface area contributed by atoms with Crippen molar-refractivity contribution in [2.24, 2.45) is 0 Å². The standard InChI is InChI=1S/C22H30N4O5/c27-19-7-11-26(20(28)23-19)18-5-3-17(4-6-18)2-1-10-24-14-15-31-22(16-24)8-12-25(13-9-22)21(29)30/h3-6H,1-2,7-16H2,(H,29,30)(H,23,27,28). The third-order valence-corrected chi connectivity index (χ3v) is 6.51. The van der Waals surface area contributed by atoms with E-state index >= 15 is 0 Å². The maximum atomic E-state index is 12.0. The third kappa shape index (κ3) is 5.16. The Labute approximate surface area is 181 Å². The highest BCUT2D eigenvalue weighted by atomic mass is 16.5. The van der Waals surface area contributed by atoms with E-state index in [0.29, 0.717) is 32.7 Å². The van der Waals surface area contributed by atoms with Crippen LogP contribution in [-0.4, -0.2) is 84.4 Å². The Hall–Kier alpha value is -2.65. The summed E-state index contributed by atoms with van der Waals surface area (Å²) in [6.07, 6.45) is 2.96. The zero-order valence-electron chi connectivity index (χ0n) is 17.7. The summed E-state index contributed by atoms with van der Waals surface area (Å²) in [4.78, 5) is 39.9. The molecule has 0 saturated carbocycles. The fourth-order valence-electron chi connectivity index (χ4n) is 4.68. The van der Waals surface area contributed by atoms with Gasteiger partial charge in [-0.15, -0.1) is 0 Å². The average Bonchev–Trinajstić information content (AvgIpc) is 2.75. The van der Waals surface area contributed by atoms with Crippen LogP contribution in [0.25, 0.3) is 0 Å². The van der Waals surface area contributed by atoms with E-state index in [2.05, 4.69) is 10.2 Å². The molecule has 0 radical (unpaired) electrons. The average molecular weight is 431 g/mol. The monoisotopic (exact) mass is 430 g/mol. The molecule has 3 aliphatic rings. The van der Waals surface area contributed by atoms with Gasteiger partial charge in [0.1, 0.15) is 0 Å². The summed E-state index contributed by atoms with van der Waals surface area (Å²) in [7, 11) is 0. The van der Waals surface area contributed by atoms with Crippen LogP contribution in [0.15, 0.2) is 24.3 Å². The van der Waals surface area contributed by atoms with E-state index in [0.717, 1.165) is 51.0 Å². The second-order valence-corrected chi connectivity index (χ2v) is 8.60. The van der Waals surface area contributed by atoms with Crippen LogP contribution in [0.5, 0.6) is 0 Å². The first-order valence-corrected chi connectivity index (χ1v) is 11.0. The Kier molecular flexibility index (Phi) is 6.43. The van der Waals surface area contributed by atoms with Gasteiger partial charge < -0.3 is 14.7 Å². The van der Waals surface area contributed by atoms with Gasteiger partial charge in [-0.05, 0) is 49.9 Å². The first-order chi connectivity index (χ1) is 14.9. The van der Waals surface area contributed by atoms with Crippen molar-refractivity contribution < 1.29 is 24.2 Å². The van der Waals surface area contributed by atoms with Crippen LogP contribution < -0.4 is 10.2 Å². The number of rotatable bonds is 5. The molecule has 3 heterocycles. The summed E-state index contributed by atoms with van der Waals surface area (Å²) in [6.45, 7) is 4.94. The molecular weight excluding hydrogens is 400 g/mol. The smallest absolute Gasteiger partial charge is 0.407 e. The number of hydrogen-bond acceptors (Lipinski definition) is 5. The van der Waals surface area contributed by atoms with E-state index < -0.39 is 6.09 Å². The van der Waals surface area contributed by atoms with Crippen LogP contribution in [0, 0.1) is 0 Å². The summed E-state index contributed by atoms with van der Waals surface area (Å²) in [6, 6.07) is 7.59. The van der Waals surface area contributed by atoms with E-state index in [4.69, 9.17) is 9.84 Å². The minimum atomic E-state index is -0.845. The summed E-state index contributed by atoms with van der Waals surface area (Å²) in [5, 5.41) is 11.5. The minimum Gasteiger partial charge on any atom is -0.465 e. The molecule has 4 rings (SSSR count). The number of likely N-dealkylation sites (tertiary alicyclic amines) is 1. The van der Waals surface area contributed by atoms with E-state index in [-0.39, 0.29) is 17.5 Å². The van der Waals surface area contributed by atoms with Crippen molar-refractivity contribution in [3.63, 3.8) is 0 Å². The summed E-state index contributed by atoms with van der Waals surface area (Å²) >= 11 is 0. The molecule has 3 saturated heterocycles. The van der Waals surface area contributed by atoms with E-state index in [1.165, 1.54) is 10.5 Å². The lowest BCUT2D eigenvalue weighted by Gasteiger charge is -2.46. The number of nitrogens with zero attached hydrogens (tertiary/aromatic N) is 3. The Morgan fingerprint density at radius 1 is 1.10 bits per heavy atom. The number of piperidine rings is 1. The number of ether oxygens (including phenoxy) is 1. The molecule has 0 unspecified atom stereocenters. The second-order valence-electron chi connectivity index (χ2n) is 8.60. The van der Waals surface area contributed by atoms with Crippen molar-refractivity contribution in [3.05, 3.63) is 29.8 Å². The third-order valence-electron chi connectivity index (χ3n) is 6.51. The fourth-order valence-corrected chi connectivity index (χ4v) is 4.68. The Morgan fingerprint density at radius 2 is 1.84 bits per heavy atom. The highest BCUT2D eigenvalue weighted by molar-refractivity contribution is 6.05. The van der Waals surface area contributed by atoms with Crippen molar-refractivity contribution >= 4 is 23.7 Å². The maximum absolute atomic E-state index is 12.0. The zero-order valence-corrected chi connectivity index (χ0v) is 17.7. The lowest BCUT2D eigenvalue weighted by atomic mass is 9.89. The summed E-state index contributed by atoms with van der Waals surface area (Å²) < 4.78 is 6.10. The Morgan fingerprint density at radius 3 is 2.52 bits per heavy atom. The minimum absolute atomic E-state index is 0.206. The molecule has 3 fully saturated rings. The van der Waals surface area contributed by atoms with Crippen molar-refractivity contribution in [2.45, 2.75) is 37.7 Å². The SMILES string of the molecule is O=C1CCN(c2ccc(CCCN3CCOC4(CCN(C(=O)O)CC4)C3)cc2)C(=O)N1. The molecule has 3 aliphatic heterocycles. The highest BCUT2D eigenvalue weighted by Gasteiger charge is 2.40. The first kappa shape index (κ1) is 21.6. The molecule has 9 heteroatoms. The van der Waals surface area contributed by atoms with Gasteiger partial charge in [0.05, 0.1) is 12.2 Å². The molecule has 1 aromatic carbocycles. The predicted octanol–water partition coefficient (Wildman–Crippen LogP) is 1.91. The maximum Gasteiger partial charge on any atom is 0.407 e. The molecule has 0 bridgehead atoms. The molecular formula is C22H30N4O5. The fraction of sp³-hybridized carbons (Fsp3) is 0.591. The molecule has 0 atom stereocenters. The van der Waals surface area contributed by atoms with Gasteiger partial charge in [-0.3, -0.25) is 19.9 Å². The topological polar surface area (TPSA) is 102 Å². The molecule has 1 aromatic rings. The van der Waals surface area contributed by atoms with Crippen molar-refractivity contribution in [1.82, 2.24) is 15.1 Å². The van der Waals surface area contributed by atoms with Gasteiger partial charge in [0, 0.05) is 44.8 Å². The number of anilines is 1. The molecule has 168 valence electrons. The first-order valence-electron chi connectivity index (χ1n) is 11.0. The molecule has 9 nitrogen and oxygen atoms in total. The van der Waals surface area contributed by atoms with Crippen molar-refractivity contribution in [1.29, 1.82) is 0 Å². The van der Waals surface area contributed by atoms with Crippen LogP contribution in [-0.2, 0) is 16.0 Å². The number of carboxylic acid groups (broad SMARTS) is 1. The molecule has 1 spiro atoms. The van der Waals surface area contributed by atoms with Gasteiger partial charge in [0.15, 0.2) is 0 Å². The number of aryl methyl sites for hydroxylation is 1. The molecule has 4 amide bonds. The van der Waals surface area contributed by atoms with E-state index in [9.17, 15) is 14.4 Å². The van der Waals surface area contributed by atoms with Gasteiger partial charge in [-0.1, -0.05) is 12.1 Å². The molecule has 31 heavy (non-hydrogen) atoms. The van der Waals surface area contributed by atoms with Gasteiger partial charge >= 0.3 is 12.1 Å². The van der Waals surface area contributed by atoms with Crippen LogP contribution in [0.4, 0.5) is 15.3 Å². The number of urea groups is 1. The molecule has 0 aliphatic carbocycles. The van der Waals surface area contributed by atoms with Gasteiger partial charge in [0.2, 0.25) is 5.91 Å². The summed E-state index contributed by atoms with van der Waals surface area (Å²) in [5.41, 5.74) is 1.81. The second kappa shape index (κ2) is 9.23. The normalized spacial score (nSPS) is 21.9. The Balaban J connectivity index is 1.23. The van der Waals surface area contributed by atoms with E-state index in [1.807, 2.05) is 24.3 Å². The number of nitrogens with one attached hydrogen (secondary N) is 1. The number of morpholine rings is 1. The zero-order chi connectivity index (χ0) is 21.8. The summed E-state index contributed by atoms with van der Waals surface area (Å²) in [5.74, 6) is -0.227. The molecule has 2 N–H and O–H groups in total. The number of benzene rings is 1. The van der Waals surface area contributed by atoms with Crippen LogP contribution in [0.1, 0.15) is 31.2 Å². The number of hydrogen-bond donors (Lipinski definition) is 2. The van der Waals surface area contributed by atoms with Gasteiger partial charge in [-0.2, -0.15) is 0 Å². The number of imide groups is 1. The number of amides is 4. The van der Waals surface area contributed by atoms with Crippen molar-refractivity contribution in [2.75, 3.05) is 50.8 Å². The predicted molar refractivity (Wildman–Crippen MR) is 114 cm³/mol. The lowest BCUT2D eigenvalue weighted by Crippen LogP contribution is -2.57. The van der Waals surface area contributed by atoms with E-state index in [1.54, 1.807) is 4.90 Å². The van der Waals surface area contributed by atoms with Crippen LogP contribution >= 0.6 is 0 Å². The highest BCUT2D eigenvalue weighted by Crippen LogP contribution is 2.30. The van der Waals surface area contributed by atoms with Gasteiger partial charge in [-0.25, -0.2) is 9.59 Å². The quantitative estimate of drug-likeness (QED) is 0.740. The largest absolute Gasteiger partial charge is 0.465 e. The Bertz CT molecular complexity index is 820.